The van der Waals surface area contributed by atoms with E-state index in [4.69, 9.17) is 0 Å². The van der Waals surface area contributed by atoms with Crippen molar-refractivity contribution in [3.8, 4) is 0 Å². The van der Waals surface area contributed by atoms with Crippen molar-refractivity contribution in [2.24, 2.45) is 0 Å². The van der Waals surface area contributed by atoms with Crippen LogP contribution >= 0.6 is 0 Å². The Morgan fingerprint density at radius 3 is 2.85 bits per heavy atom. The van der Waals surface area contributed by atoms with Gasteiger partial charge in [-0.15, -0.1) is 0 Å². The molecule has 0 aliphatic rings. The van der Waals surface area contributed by atoms with E-state index in [1.807, 2.05) is 0 Å². The molecule has 0 N–H and O–H groups in total. The highest BCUT2D eigenvalue weighted by molar-refractivity contribution is 5.73. The number of rotatable bonds is 1. The third-order valence-corrected chi connectivity index (χ3v) is 1.61. The molecule has 0 saturated carbocycles. The number of hydrogen-bond donors (Lipinski definition) is 0. The lowest BCUT2D eigenvalue weighted by atomic mass is 10.4. The molecule has 66 valence electrons. The maximum atomic E-state index is 13.0. The van der Waals surface area contributed by atoms with Crippen LogP contribution < -0.4 is 0 Å². The lowest BCUT2D eigenvalue weighted by Crippen LogP contribution is -1.89. The van der Waals surface area contributed by atoms with E-state index >= 15 is 0 Å². The average molecular weight is 182 g/mol. The number of pyridine rings is 1. The molecule has 5 heteroatoms. The molecule has 3 nitrogen and oxygen atoms in total. The molecule has 0 spiro atoms. The lowest BCUT2D eigenvalue weighted by molar-refractivity contribution is 0.111. The highest BCUT2D eigenvalue weighted by Crippen LogP contribution is 2.10. The number of aromatic nitrogens is 2. The number of fused-ring (bicyclic) bond motifs is 1. The second-order valence-electron chi connectivity index (χ2n) is 2.52. The summed E-state index contributed by atoms with van der Waals surface area (Å²) in [6.07, 6.45) is 2.79. The molecule has 0 atom stereocenters. The summed E-state index contributed by atoms with van der Waals surface area (Å²) in [6.45, 7) is 0. The van der Waals surface area contributed by atoms with Crippen LogP contribution in [-0.4, -0.2) is 15.7 Å². The van der Waals surface area contributed by atoms with E-state index in [-0.39, 0.29) is 11.3 Å². The summed E-state index contributed by atoms with van der Waals surface area (Å²) in [4.78, 5) is 13.9. The van der Waals surface area contributed by atoms with Gasteiger partial charge in [0.25, 0.3) is 0 Å². The van der Waals surface area contributed by atoms with Gasteiger partial charge in [0.05, 0.1) is 0 Å². The first-order valence-electron chi connectivity index (χ1n) is 3.49. The van der Waals surface area contributed by atoms with Crippen LogP contribution in [0.5, 0.6) is 0 Å². The third kappa shape index (κ3) is 1.18. The van der Waals surface area contributed by atoms with Gasteiger partial charge >= 0.3 is 0 Å². The van der Waals surface area contributed by atoms with Gasteiger partial charge in [0.1, 0.15) is 11.5 Å². The van der Waals surface area contributed by atoms with E-state index < -0.39 is 11.6 Å². The van der Waals surface area contributed by atoms with Crippen molar-refractivity contribution in [3.63, 3.8) is 0 Å². The van der Waals surface area contributed by atoms with Crippen molar-refractivity contribution in [2.45, 2.75) is 0 Å². The molecule has 2 aromatic rings. The number of imidazole rings is 1. The second kappa shape index (κ2) is 2.62. The zero-order valence-electron chi connectivity index (χ0n) is 6.37. The van der Waals surface area contributed by atoms with Gasteiger partial charge in [-0.25, -0.2) is 13.8 Å². The van der Waals surface area contributed by atoms with Crippen LogP contribution in [0.1, 0.15) is 10.5 Å². The fourth-order valence-corrected chi connectivity index (χ4v) is 1.10. The van der Waals surface area contributed by atoms with Crippen LogP contribution in [0.25, 0.3) is 5.65 Å². The topological polar surface area (TPSA) is 34.4 Å². The van der Waals surface area contributed by atoms with Crippen molar-refractivity contribution in [1.29, 1.82) is 0 Å². The molecule has 2 rings (SSSR count). The van der Waals surface area contributed by atoms with E-state index in [1.54, 1.807) is 0 Å². The third-order valence-electron chi connectivity index (χ3n) is 1.61. The van der Waals surface area contributed by atoms with Crippen molar-refractivity contribution < 1.29 is 13.6 Å². The molecule has 13 heavy (non-hydrogen) atoms. The van der Waals surface area contributed by atoms with E-state index in [0.717, 1.165) is 16.7 Å². The molecule has 0 aromatic carbocycles. The summed E-state index contributed by atoms with van der Waals surface area (Å²) in [5.74, 6) is -1.49. The number of carbonyl (C=O) groups excluding carboxylic acids is 1. The SMILES string of the molecule is O=Cc1cn2cc(F)cc(F)c2n1. The highest BCUT2D eigenvalue weighted by Gasteiger charge is 2.07. The first kappa shape index (κ1) is 7.85. The summed E-state index contributed by atoms with van der Waals surface area (Å²) >= 11 is 0. The zero-order chi connectivity index (χ0) is 9.42. The van der Waals surface area contributed by atoms with Crippen LogP contribution in [0, 0.1) is 11.6 Å². The maximum Gasteiger partial charge on any atom is 0.174 e. The van der Waals surface area contributed by atoms with Crippen molar-refractivity contribution in [2.75, 3.05) is 0 Å². The van der Waals surface area contributed by atoms with Gasteiger partial charge < -0.3 is 4.40 Å². The highest BCUT2D eigenvalue weighted by atomic mass is 19.1. The molecule has 0 aliphatic heterocycles. The van der Waals surface area contributed by atoms with Crippen LogP contribution in [0.4, 0.5) is 8.78 Å². The van der Waals surface area contributed by atoms with Crippen molar-refractivity contribution >= 4 is 11.9 Å². The first-order chi connectivity index (χ1) is 6.20. The molecular weight excluding hydrogens is 178 g/mol. The molecule has 0 unspecified atom stereocenters. The van der Waals surface area contributed by atoms with Gasteiger partial charge in [0, 0.05) is 18.5 Å². The summed E-state index contributed by atoms with van der Waals surface area (Å²) in [5.41, 5.74) is 0.0213. The number of carbonyl (C=O) groups is 1. The Balaban J connectivity index is 2.82. The molecule has 2 heterocycles. The molecule has 0 radical (unpaired) electrons. The molecule has 0 saturated heterocycles. The lowest BCUT2D eigenvalue weighted by Gasteiger charge is -1.93. The Morgan fingerprint density at radius 2 is 2.15 bits per heavy atom. The van der Waals surface area contributed by atoms with Gasteiger partial charge in [-0.1, -0.05) is 0 Å². The maximum absolute atomic E-state index is 13.0. The first-order valence-corrected chi connectivity index (χ1v) is 3.49. The number of nitrogens with zero attached hydrogens (tertiary/aromatic N) is 2. The van der Waals surface area contributed by atoms with Gasteiger partial charge in [-0.3, -0.25) is 4.79 Å². The van der Waals surface area contributed by atoms with Gasteiger partial charge in [-0.05, 0) is 0 Å². The monoisotopic (exact) mass is 182 g/mol. The Morgan fingerprint density at radius 1 is 1.38 bits per heavy atom. The molecule has 0 aliphatic carbocycles. The normalized spacial score (nSPS) is 10.6. The quantitative estimate of drug-likeness (QED) is 0.625. The number of halogens is 2. The predicted molar refractivity (Wildman–Crippen MR) is 40.5 cm³/mol. The van der Waals surface area contributed by atoms with E-state index in [2.05, 4.69) is 4.98 Å². The minimum atomic E-state index is -0.784. The fraction of sp³-hybridized carbons (Fsp3) is 0. The van der Waals surface area contributed by atoms with E-state index in [0.29, 0.717) is 6.29 Å². The number of aldehydes is 1. The summed E-state index contributed by atoms with van der Waals surface area (Å²) in [6, 6.07) is 0.719. The summed E-state index contributed by atoms with van der Waals surface area (Å²) in [7, 11) is 0. The zero-order valence-corrected chi connectivity index (χ0v) is 6.37. The minimum absolute atomic E-state index is 0.0523. The van der Waals surface area contributed by atoms with Gasteiger partial charge in [-0.2, -0.15) is 0 Å². The predicted octanol–water partition coefficient (Wildman–Crippen LogP) is 1.42. The molecule has 2 aromatic heterocycles. The van der Waals surface area contributed by atoms with Crippen molar-refractivity contribution in [1.82, 2.24) is 9.38 Å². The summed E-state index contributed by atoms with van der Waals surface area (Å²) < 4.78 is 26.7. The summed E-state index contributed by atoms with van der Waals surface area (Å²) in [5, 5.41) is 0. The minimum Gasteiger partial charge on any atom is -0.301 e. The smallest absolute Gasteiger partial charge is 0.174 e. The number of hydrogen-bond acceptors (Lipinski definition) is 2. The fourth-order valence-electron chi connectivity index (χ4n) is 1.10. The van der Waals surface area contributed by atoms with Crippen LogP contribution in [0.2, 0.25) is 0 Å². The van der Waals surface area contributed by atoms with Crippen LogP contribution in [0.3, 0.4) is 0 Å². The Bertz CT molecular complexity index is 478. The second-order valence-corrected chi connectivity index (χ2v) is 2.52. The molecule has 0 bridgehead atoms. The van der Waals surface area contributed by atoms with Gasteiger partial charge in [0.15, 0.2) is 17.8 Å². The average Bonchev–Trinajstić information content (AvgIpc) is 2.47. The van der Waals surface area contributed by atoms with Crippen LogP contribution in [-0.2, 0) is 0 Å². The molecule has 0 amide bonds. The Labute approximate surface area is 71.6 Å². The van der Waals surface area contributed by atoms with Crippen LogP contribution in [0.15, 0.2) is 18.5 Å². The standard InChI is InChI=1S/C8H4F2N2O/c9-5-1-7(10)8-11-6(4-13)3-12(8)2-5/h1-4H. The van der Waals surface area contributed by atoms with E-state index in [9.17, 15) is 13.6 Å². The van der Waals surface area contributed by atoms with E-state index in [1.165, 1.54) is 6.20 Å². The van der Waals surface area contributed by atoms with Crippen molar-refractivity contribution in [3.05, 3.63) is 35.8 Å². The Hall–Kier alpha value is -1.78. The largest absolute Gasteiger partial charge is 0.301 e. The molecular formula is C8H4F2N2O. The Kier molecular flexibility index (Phi) is 1.58. The van der Waals surface area contributed by atoms with Gasteiger partial charge in [0.2, 0.25) is 0 Å². The molecule has 0 fully saturated rings.